The van der Waals surface area contributed by atoms with Crippen molar-refractivity contribution in [2.24, 2.45) is 11.0 Å². The number of furan rings is 1. The second kappa shape index (κ2) is 6.15. The first-order valence-electron chi connectivity index (χ1n) is 6.93. The van der Waals surface area contributed by atoms with Crippen molar-refractivity contribution in [2.45, 2.75) is 19.3 Å². The fourth-order valence-electron chi connectivity index (χ4n) is 2.24. The monoisotopic (exact) mass is 336 g/mol. The Hall–Kier alpha value is -1.78. The molecule has 114 valence electrons. The fourth-order valence-corrected chi connectivity index (χ4v) is 2.62. The molecule has 0 saturated heterocycles. The van der Waals surface area contributed by atoms with Crippen molar-refractivity contribution in [3.63, 3.8) is 0 Å². The number of halogens is 2. The third-order valence-corrected chi connectivity index (χ3v) is 4.22. The molecule has 2 atom stereocenters. The van der Waals surface area contributed by atoms with Crippen LogP contribution in [0.25, 0.3) is 0 Å². The standard InChI is InChI=1S/C16H14Cl2N2O2/c1-9-6-12(9)15-5-3-11(22-15)8-19-20-16(21)13-7-10(17)2-4-14(13)18/h2-5,7-9,12H,6H2,1H3,(H,20,21)/b19-8-/t9-,12+/m1/s1. The minimum atomic E-state index is -0.425. The van der Waals surface area contributed by atoms with Gasteiger partial charge in [-0.1, -0.05) is 30.1 Å². The predicted molar refractivity (Wildman–Crippen MR) is 86.8 cm³/mol. The highest BCUT2D eigenvalue weighted by Crippen LogP contribution is 2.47. The predicted octanol–water partition coefficient (Wildman–Crippen LogP) is 4.47. The smallest absolute Gasteiger partial charge is 0.272 e. The van der Waals surface area contributed by atoms with Crippen molar-refractivity contribution < 1.29 is 9.21 Å². The molecule has 1 fully saturated rings. The minimum Gasteiger partial charge on any atom is -0.460 e. The van der Waals surface area contributed by atoms with Gasteiger partial charge in [0.25, 0.3) is 5.91 Å². The van der Waals surface area contributed by atoms with Gasteiger partial charge in [-0.3, -0.25) is 4.79 Å². The zero-order chi connectivity index (χ0) is 15.7. The van der Waals surface area contributed by atoms with Crippen molar-refractivity contribution in [1.82, 2.24) is 5.43 Å². The van der Waals surface area contributed by atoms with E-state index in [0.717, 1.165) is 12.2 Å². The Morgan fingerprint density at radius 2 is 2.14 bits per heavy atom. The molecule has 1 N–H and O–H groups in total. The quantitative estimate of drug-likeness (QED) is 0.661. The summed E-state index contributed by atoms with van der Waals surface area (Å²) in [5.74, 6) is 2.35. The van der Waals surface area contributed by atoms with Crippen LogP contribution in [0, 0.1) is 5.92 Å². The summed E-state index contributed by atoms with van der Waals surface area (Å²) in [7, 11) is 0. The topological polar surface area (TPSA) is 54.6 Å². The van der Waals surface area contributed by atoms with Crippen LogP contribution in [0.15, 0.2) is 39.9 Å². The summed E-state index contributed by atoms with van der Waals surface area (Å²) in [6, 6.07) is 8.47. The lowest BCUT2D eigenvalue weighted by atomic mass is 10.2. The second-order valence-corrected chi connectivity index (χ2v) is 6.23. The molecule has 1 aliphatic carbocycles. The largest absolute Gasteiger partial charge is 0.460 e. The number of nitrogens with zero attached hydrogens (tertiary/aromatic N) is 1. The van der Waals surface area contributed by atoms with Crippen molar-refractivity contribution in [1.29, 1.82) is 0 Å². The molecule has 3 rings (SSSR count). The van der Waals surface area contributed by atoms with Gasteiger partial charge in [0.2, 0.25) is 0 Å². The van der Waals surface area contributed by atoms with Gasteiger partial charge in [0.1, 0.15) is 11.5 Å². The molecule has 1 aliphatic rings. The molecule has 2 aromatic rings. The van der Waals surface area contributed by atoms with Crippen LogP contribution in [0.4, 0.5) is 0 Å². The van der Waals surface area contributed by atoms with Crippen molar-refractivity contribution in [3.8, 4) is 0 Å². The normalized spacial score (nSPS) is 20.3. The summed E-state index contributed by atoms with van der Waals surface area (Å²) in [6.07, 6.45) is 2.63. The zero-order valence-electron chi connectivity index (χ0n) is 11.8. The molecule has 22 heavy (non-hydrogen) atoms. The summed E-state index contributed by atoms with van der Waals surface area (Å²) in [6.45, 7) is 2.19. The number of carbonyl (C=O) groups is 1. The van der Waals surface area contributed by atoms with Crippen LogP contribution in [-0.4, -0.2) is 12.1 Å². The molecule has 0 bridgehead atoms. The van der Waals surface area contributed by atoms with E-state index in [9.17, 15) is 4.79 Å². The minimum absolute atomic E-state index is 0.276. The van der Waals surface area contributed by atoms with E-state index in [-0.39, 0.29) is 5.56 Å². The van der Waals surface area contributed by atoms with E-state index in [4.69, 9.17) is 27.6 Å². The lowest BCUT2D eigenvalue weighted by molar-refractivity contribution is 0.0955. The number of hydrazone groups is 1. The number of hydrogen-bond acceptors (Lipinski definition) is 3. The summed E-state index contributed by atoms with van der Waals surface area (Å²) in [5, 5.41) is 4.64. The van der Waals surface area contributed by atoms with E-state index in [0.29, 0.717) is 27.6 Å². The molecular formula is C16H14Cl2N2O2. The average Bonchev–Trinajstić information content (AvgIpc) is 3.03. The molecular weight excluding hydrogens is 323 g/mol. The van der Waals surface area contributed by atoms with E-state index in [1.54, 1.807) is 12.1 Å². The maximum absolute atomic E-state index is 12.0. The Morgan fingerprint density at radius 1 is 1.36 bits per heavy atom. The summed E-state index contributed by atoms with van der Waals surface area (Å²) >= 11 is 11.8. The molecule has 4 nitrogen and oxygen atoms in total. The van der Waals surface area contributed by atoms with Crippen molar-refractivity contribution in [3.05, 3.63) is 57.5 Å². The molecule has 0 spiro atoms. The third kappa shape index (κ3) is 3.34. The van der Waals surface area contributed by atoms with Crippen LogP contribution >= 0.6 is 23.2 Å². The summed E-state index contributed by atoms with van der Waals surface area (Å²) < 4.78 is 5.66. The molecule has 0 aliphatic heterocycles. The van der Waals surface area contributed by atoms with Crippen LogP contribution < -0.4 is 5.43 Å². The lowest BCUT2D eigenvalue weighted by Crippen LogP contribution is -2.18. The van der Waals surface area contributed by atoms with Crippen LogP contribution in [0.1, 0.15) is 41.1 Å². The Balaban J connectivity index is 1.63. The molecule has 1 aromatic heterocycles. The molecule has 1 amide bonds. The number of carbonyl (C=O) groups excluding carboxylic acids is 1. The van der Waals surface area contributed by atoms with Crippen LogP contribution in [0.5, 0.6) is 0 Å². The van der Waals surface area contributed by atoms with Crippen molar-refractivity contribution >= 4 is 35.3 Å². The van der Waals surface area contributed by atoms with Gasteiger partial charge >= 0.3 is 0 Å². The number of hydrogen-bond donors (Lipinski definition) is 1. The maximum atomic E-state index is 12.0. The SMILES string of the molecule is C[C@@H]1C[C@@H]1c1ccc(/C=N\NC(=O)c2cc(Cl)ccc2Cl)o1. The van der Waals surface area contributed by atoms with E-state index in [2.05, 4.69) is 17.5 Å². The van der Waals surface area contributed by atoms with Gasteiger partial charge in [0.15, 0.2) is 0 Å². The molecule has 1 aromatic carbocycles. The van der Waals surface area contributed by atoms with Crippen molar-refractivity contribution in [2.75, 3.05) is 0 Å². The molecule has 6 heteroatoms. The summed E-state index contributed by atoms with van der Waals surface area (Å²) in [5.41, 5.74) is 2.68. The Labute approximate surface area is 138 Å². The van der Waals surface area contributed by atoms with E-state index >= 15 is 0 Å². The van der Waals surface area contributed by atoms with Gasteiger partial charge in [-0.25, -0.2) is 5.43 Å². The van der Waals surface area contributed by atoms with Gasteiger partial charge in [-0.2, -0.15) is 5.10 Å². The Kier molecular flexibility index (Phi) is 4.23. The molecule has 0 radical (unpaired) electrons. The Bertz CT molecular complexity index is 739. The second-order valence-electron chi connectivity index (χ2n) is 5.38. The highest BCUT2D eigenvalue weighted by molar-refractivity contribution is 6.35. The first kappa shape index (κ1) is 15.1. The number of amides is 1. The van der Waals surface area contributed by atoms with Gasteiger partial charge < -0.3 is 4.42 Å². The maximum Gasteiger partial charge on any atom is 0.272 e. The van der Waals surface area contributed by atoms with Crippen LogP contribution in [-0.2, 0) is 0 Å². The first-order valence-corrected chi connectivity index (χ1v) is 7.68. The summed E-state index contributed by atoms with van der Waals surface area (Å²) in [4.78, 5) is 12.0. The Morgan fingerprint density at radius 3 is 2.86 bits per heavy atom. The molecule has 1 heterocycles. The number of benzene rings is 1. The first-order chi connectivity index (χ1) is 10.5. The van der Waals surface area contributed by atoms with Gasteiger partial charge in [0.05, 0.1) is 16.8 Å². The highest BCUT2D eigenvalue weighted by atomic mass is 35.5. The van der Waals surface area contributed by atoms with Crippen LogP contribution in [0.2, 0.25) is 10.0 Å². The average molecular weight is 337 g/mol. The molecule has 0 unspecified atom stereocenters. The van der Waals surface area contributed by atoms with Gasteiger partial charge in [-0.05, 0) is 42.7 Å². The van der Waals surface area contributed by atoms with Crippen LogP contribution in [0.3, 0.4) is 0 Å². The van der Waals surface area contributed by atoms with Gasteiger partial charge in [0, 0.05) is 10.9 Å². The fraction of sp³-hybridized carbons (Fsp3) is 0.250. The van der Waals surface area contributed by atoms with E-state index in [1.165, 1.54) is 12.3 Å². The number of rotatable bonds is 4. The zero-order valence-corrected chi connectivity index (χ0v) is 13.4. The lowest BCUT2D eigenvalue weighted by Gasteiger charge is -2.02. The van der Waals surface area contributed by atoms with Gasteiger partial charge in [-0.15, -0.1) is 0 Å². The van der Waals surface area contributed by atoms with E-state index in [1.807, 2.05) is 12.1 Å². The third-order valence-electron chi connectivity index (χ3n) is 3.65. The van der Waals surface area contributed by atoms with E-state index < -0.39 is 5.91 Å². The molecule has 1 saturated carbocycles. The highest BCUT2D eigenvalue weighted by Gasteiger charge is 2.36. The number of nitrogens with one attached hydrogen (secondary N) is 1.